The molecule has 0 saturated heterocycles. The number of aromatic nitrogens is 2. The van der Waals surface area contributed by atoms with Crippen molar-refractivity contribution in [1.82, 2.24) is 9.97 Å². The number of Topliss-reactive ketones (excluding diaryl/α,β-unsaturated/α-hetero) is 1. The standard InChI is InChI=1S/C23H22ClN3O6S2/c1-5-33-22(30)17-13(3)19(14(4)28)34-21(17)27-20(29)18-16(24)10-25-23(26-18)35(31,32)11-15-9-7-6-8-12(15)2/h6-10H,5,11H2,1-4H3,(H,27,29). The average Bonchev–Trinajstić information content (AvgIpc) is 3.11. The van der Waals surface area contributed by atoms with Gasteiger partial charge in [-0.15, -0.1) is 11.3 Å². The molecule has 0 aliphatic rings. The molecular formula is C23H22ClN3O6S2. The molecule has 0 unspecified atom stereocenters. The predicted molar refractivity (Wildman–Crippen MR) is 132 cm³/mol. The van der Waals surface area contributed by atoms with Crippen LogP contribution < -0.4 is 5.32 Å². The molecule has 9 nitrogen and oxygen atoms in total. The van der Waals surface area contributed by atoms with E-state index in [4.69, 9.17) is 16.3 Å². The predicted octanol–water partition coefficient (Wildman–Crippen LogP) is 4.41. The Balaban J connectivity index is 1.97. The van der Waals surface area contributed by atoms with E-state index in [9.17, 15) is 22.8 Å². The number of sulfone groups is 1. The second-order valence-corrected chi connectivity index (χ2v) is 10.8. The van der Waals surface area contributed by atoms with Gasteiger partial charge >= 0.3 is 5.97 Å². The number of benzene rings is 1. The summed E-state index contributed by atoms with van der Waals surface area (Å²) in [5.41, 5.74) is 1.36. The maximum absolute atomic E-state index is 13.0. The van der Waals surface area contributed by atoms with E-state index < -0.39 is 32.6 Å². The molecule has 0 radical (unpaired) electrons. The molecule has 1 N–H and O–H groups in total. The minimum atomic E-state index is -4.00. The summed E-state index contributed by atoms with van der Waals surface area (Å²) in [7, 11) is -4.00. The zero-order valence-corrected chi connectivity index (χ0v) is 21.7. The van der Waals surface area contributed by atoms with Crippen molar-refractivity contribution < 1.29 is 27.5 Å². The summed E-state index contributed by atoms with van der Waals surface area (Å²) < 4.78 is 30.9. The first-order chi connectivity index (χ1) is 16.5. The van der Waals surface area contributed by atoms with Crippen LogP contribution in [0.1, 0.15) is 61.1 Å². The van der Waals surface area contributed by atoms with Gasteiger partial charge in [-0.05, 0) is 44.4 Å². The number of carbonyl (C=O) groups excluding carboxylic acids is 3. The molecule has 0 aliphatic heterocycles. The number of hydrogen-bond donors (Lipinski definition) is 1. The lowest BCUT2D eigenvalue weighted by atomic mass is 10.1. The monoisotopic (exact) mass is 535 g/mol. The third-order valence-electron chi connectivity index (χ3n) is 5.00. The van der Waals surface area contributed by atoms with Crippen LogP contribution in [-0.4, -0.2) is 42.7 Å². The summed E-state index contributed by atoms with van der Waals surface area (Å²) in [4.78, 5) is 45.5. The zero-order chi connectivity index (χ0) is 25.9. The summed E-state index contributed by atoms with van der Waals surface area (Å²) in [5.74, 6) is -2.23. The van der Waals surface area contributed by atoms with E-state index in [0.717, 1.165) is 23.1 Å². The van der Waals surface area contributed by atoms with Crippen molar-refractivity contribution in [3.05, 3.63) is 68.3 Å². The summed E-state index contributed by atoms with van der Waals surface area (Å²) in [6, 6.07) is 6.98. The Labute approximate surface area is 211 Å². The van der Waals surface area contributed by atoms with E-state index in [2.05, 4.69) is 15.3 Å². The smallest absolute Gasteiger partial charge is 0.341 e. The highest BCUT2D eigenvalue weighted by atomic mass is 35.5. The second kappa shape index (κ2) is 10.6. The number of halogens is 1. The molecule has 2 heterocycles. The summed E-state index contributed by atoms with van der Waals surface area (Å²) in [6.07, 6.45) is 1.03. The number of aryl methyl sites for hydroxylation is 1. The van der Waals surface area contributed by atoms with Crippen LogP contribution in [0.15, 0.2) is 35.6 Å². The van der Waals surface area contributed by atoms with Crippen LogP contribution >= 0.6 is 22.9 Å². The van der Waals surface area contributed by atoms with Crippen LogP contribution in [0.4, 0.5) is 5.00 Å². The molecule has 1 aromatic carbocycles. The third-order valence-corrected chi connectivity index (χ3v) is 8.02. The van der Waals surface area contributed by atoms with Gasteiger partial charge in [-0.25, -0.2) is 23.2 Å². The lowest BCUT2D eigenvalue weighted by Crippen LogP contribution is -2.19. The zero-order valence-electron chi connectivity index (χ0n) is 19.3. The van der Waals surface area contributed by atoms with Crippen molar-refractivity contribution in [1.29, 1.82) is 0 Å². The fourth-order valence-electron chi connectivity index (χ4n) is 3.25. The fourth-order valence-corrected chi connectivity index (χ4v) is 5.82. The lowest BCUT2D eigenvalue weighted by Gasteiger charge is -2.10. The molecule has 2 aromatic heterocycles. The quantitative estimate of drug-likeness (QED) is 0.255. The SMILES string of the molecule is CCOC(=O)c1c(NC(=O)c2nc(S(=O)(=O)Cc3ccccc3C)ncc2Cl)sc(C(C)=O)c1C. The van der Waals surface area contributed by atoms with E-state index in [1.165, 1.54) is 6.92 Å². The van der Waals surface area contributed by atoms with Crippen LogP contribution in [-0.2, 0) is 20.3 Å². The molecule has 0 fully saturated rings. The van der Waals surface area contributed by atoms with Gasteiger partial charge < -0.3 is 10.1 Å². The van der Waals surface area contributed by atoms with Crippen molar-refractivity contribution in [3.8, 4) is 0 Å². The number of amides is 1. The number of carbonyl (C=O) groups is 3. The van der Waals surface area contributed by atoms with E-state index in [-0.39, 0.29) is 38.6 Å². The average molecular weight is 536 g/mol. The molecule has 3 aromatic rings. The largest absolute Gasteiger partial charge is 0.462 e. The molecule has 3 rings (SSSR count). The highest BCUT2D eigenvalue weighted by Crippen LogP contribution is 2.34. The first kappa shape index (κ1) is 26.5. The Kier molecular flexibility index (Phi) is 8.04. The molecule has 0 atom stereocenters. The van der Waals surface area contributed by atoms with Gasteiger partial charge in [0, 0.05) is 0 Å². The first-order valence-corrected chi connectivity index (χ1v) is 13.2. The molecule has 1 amide bonds. The van der Waals surface area contributed by atoms with Crippen molar-refractivity contribution in [2.75, 3.05) is 11.9 Å². The Morgan fingerprint density at radius 3 is 2.49 bits per heavy atom. The number of rotatable bonds is 8. The number of nitrogens with zero attached hydrogens (tertiary/aromatic N) is 2. The van der Waals surface area contributed by atoms with Crippen LogP contribution in [0.25, 0.3) is 0 Å². The number of ether oxygens (including phenoxy) is 1. The Hall–Kier alpha value is -3.15. The van der Waals surface area contributed by atoms with Gasteiger partial charge in [0.25, 0.3) is 5.91 Å². The number of nitrogens with one attached hydrogen (secondary N) is 1. The minimum absolute atomic E-state index is 0.0352. The van der Waals surface area contributed by atoms with Gasteiger partial charge in [-0.3, -0.25) is 9.59 Å². The summed E-state index contributed by atoms with van der Waals surface area (Å²) >= 11 is 7.01. The highest BCUT2D eigenvalue weighted by Gasteiger charge is 2.28. The van der Waals surface area contributed by atoms with E-state index in [1.54, 1.807) is 45.0 Å². The fraction of sp³-hybridized carbons (Fsp3) is 0.261. The van der Waals surface area contributed by atoms with E-state index in [0.29, 0.717) is 11.1 Å². The topological polar surface area (TPSA) is 132 Å². The van der Waals surface area contributed by atoms with Gasteiger partial charge in [0.15, 0.2) is 11.5 Å². The van der Waals surface area contributed by atoms with Gasteiger partial charge in [0.1, 0.15) is 5.00 Å². The molecule has 35 heavy (non-hydrogen) atoms. The van der Waals surface area contributed by atoms with Crippen molar-refractivity contribution in [2.24, 2.45) is 0 Å². The van der Waals surface area contributed by atoms with Crippen molar-refractivity contribution >= 4 is 55.4 Å². The number of ketones is 1. The van der Waals surface area contributed by atoms with Crippen LogP contribution in [0.3, 0.4) is 0 Å². The molecular weight excluding hydrogens is 514 g/mol. The van der Waals surface area contributed by atoms with E-state index >= 15 is 0 Å². The van der Waals surface area contributed by atoms with Crippen molar-refractivity contribution in [2.45, 2.75) is 38.6 Å². The van der Waals surface area contributed by atoms with Crippen LogP contribution in [0.5, 0.6) is 0 Å². The molecule has 0 bridgehead atoms. The Bertz CT molecular complexity index is 1430. The first-order valence-electron chi connectivity index (χ1n) is 10.4. The second-order valence-electron chi connectivity index (χ2n) is 7.53. The molecule has 0 spiro atoms. The maximum atomic E-state index is 13.0. The molecule has 184 valence electrons. The Morgan fingerprint density at radius 1 is 1.17 bits per heavy atom. The van der Waals surface area contributed by atoms with Gasteiger partial charge in [0.2, 0.25) is 15.0 Å². The number of thiophene rings is 1. The number of esters is 1. The van der Waals surface area contributed by atoms with E-state index in [1.807, 2.05) is 0 Å². The van der Waals surface area contributed by atoms with Crippen LogP contribution in [0, 0.1) is 13.8 Å². The summed E-state index contributed by atoms with van der Waals surface area (Å²) in [5, 5.41) is 1.84. The summed E-state index contributed by atoms with van der Waals surface area (Å²) in [6.45, 7) is 6.42. The number of hydrogen-bond acceptors (Lipinski definition) is 9. The minimum Gasteiger partial charge on any atom is -0.462 e. The molecule has 0 aliphatic carbocycles. The van der Waals surface area contributed by atoms with Crippen molar-refractivity contribution in [3.63, 3.8) is 0 Å². The third kappa shape index (κ3) is 5.75. The highest BCUT2D eigenvalue weighted by molar-refractivity contribution is 7.90. The molecule has 0 saturated carbocycles. The molecule has 12 heteroatoms. The maximum Gasteiger partial charge on any atom is 0.341 e. The van der Waals surface area contributed by atoms with Gasteiger partial charge in [-0.1, -0.05) is 35.9 Å². The number of anilines is 1. The normalized spacial score (nSPS) is 11.2. The Morgan fingerprint density at radius 2 is 1.86 bits per heavy atom. The van der Waals surface area contributed by atoms with Gasteiger partial charge in [0.05, 0.1) is 34.0 Å². The lowest BCUT2D eigenvalue weighted by molar-refractivity contribution is 0.0527. The van der Waals surface area contributed by atoms with Crippen LogP contribution in [0.2, 0.25) is 5.02 Å². The van der Waals surface area contributed by atoms with Gasteiger partial charge in [-0.2, -0.15) is 0 Å².